The summed E-state index contributed by atoms with van der Waals surface area (Å²) in [5, 5.41) is 0. The third-order valence-electron chi connectivity index (χ3n) is 2.00. The predicted molar refractivity (Wildman–Crippen MR) is 51.8 cm³/mol. The van der Waals surface area contributed by atoms with Gasteiger partial charge in [0.2, 0.25) is 0 Å². The lowest BCUT2D eigenvalue weighted by Gasteiger charge is -2.11. The van der Waals surface area contributed by atoms with Gasteiger partial charge in [0.1, 0.15) is 5.82 Å². The van der Waals surface area contributed by atoms with Gasteiger partial charge in [0.15, 0.2) is 12.1 Å². The normalized spacial score (nSPS) is 11.4. The van der Waals surface area contributed by atoms with E-state index in [0.29, 0.717) is 12.1 Å². The van der Waals surface area contributed by atoms with E-state index in [4.69, 9.17) is 11.6 Å². The van der Waals surface area contributed by atoms with Gasteiger partial charge >= 0.3 is 6.18 Å². The van der Waals surface area contributed by atoms with E-state index in [1.807, 2.05) is 0 Å². The molecule has 0 atom stereocenters. The largest absolute Gasteiger partial charge is 0.417 e. The number of benzene rings is 1. The smallest absolute Gasteiger partial charge is 0.298 e. The summed E-state index contributed by atoms with van der Waals surface area (Å²) in [6.07, 6.45) is -5.16. The molecule has 1 aromatic carbocycles. The van der Waals surface area contributed by atoms with E-state index in [2.05, 4.69) is 0 Å². The first-order valence-electron chi connectivity index (χ1n) is 4.26. The summed E-state index contributed by atoms with van der Waals surface area (Å²) in [7, 11) is 0. The summed E-state index contributed by atoms with van der Waals surface area (Å²) in [5.41, 5.74) is -3.12. The number of rotatable bonds is 3. The van der Waals surface area contributed by atoms with Crippen molar-refractivity contribution in [2.24, 2.45) is 0 Å². The number of Topliss-reactive ketones (excluding diaryl/α,β-unsaturated/α-hetero) is 1. The number of carbonyl (C=O) groups excluding carboxylic acids is 2. The van der Waals surface area contributed by atoms with Crippen LogP contribution in [0.15, 0.2) is 12.1 Å². The molecule has 0 amide bonds. The van der Waals surface area contributed by atoms with Gasteiger partial charge in [-0.1, -0.05) is 0 Å². The molecule has 0 radical (unpaired) electrons. The quantitative estimate of drug-likeness (QED) is 0.365. The zero-order valence-corrected chi connectivity index (χ0v) is 8.90. The Morgan fingerprint density at radius 3 is 2.35 bits per heavy atom. The van der Waals surface area contributed by atoms with Crippen LogP contribution in [0, 0.1) is 5.82 Å². The zero-order chi connectivity index (χ0) is 13.2. The van der Waals surface area contributed by atoms with E-state index in [1.54, 1.807) is 0 Å². The second-order valence-electron chi connectivity index (χ2n) is 3.09. The summed E-state index contributed by atoms with van der Waals surface area (Å²) < 4.78 is 50.7. The van der Waals surface area contributed by atoms with Crippen molar-refractivity contribution >= 4 is 23.7 Å². The molecule has 0 aliphatic rings. The summed E-state index contributed by atoms with van der Waals surface area (Å²) in [5.74, 6) is -2.83. The first-order valence-corrected chi connectivity index (χ1v) is 4.79. The van der Waals surface area contributed by atoms with Gasteiger partial charge in [-0.05, 0) is 12.1 Å². The Morgan fingerprint density at radius 1 is 1.35 bits per heavy atom. The van der Waals surface area contributed by atoms with Crippen LogP contribution in [0.25, 0.3) is 0 Å². The molecular weight excluding hydrogens is 264 g/mol. The molecule has 0 unspecified atom stereocenters. The van der Waals surface area contributed by atoms with Crippen LogP contribution in [0.5, 0.6) is 0 Å². The Bertz CT molecular complexity index is 468. The monoisotopic (exact) mass is 268 g/mol. The fourth-order valence-corrected chi connectivity index (χ4v) is 1.36. The number of hydrogen-bond acceptors (Lipinski definition) is 2. The Hall–Kier alpha value is -1.43. The molecule has 0 aromatic heterocycles. The zero-order valence-electron chi connectivity index (χ0n) is 8.15. The number of aldehydes is 1. The van der Waals surface area contributed by atoms with Crippen molar-refractivity contribution in [3.63, 3.8) is 0 Å². The van der Waals surface area contributed by atoms with Crippen molar-refractivity contribution in [2.75, 3.05) is 5.88 Å². The summed E-state index contributed by atoms with van der Waals surface area (Å²) in [4.78, 5) is 21.5. The lowest BCUT2D eigenvalue weighted by molar-refractivity contribution is -0.138. The average Bonchev–Trinajstić information content (AvgIpc) is 2.25. The number of alkyl halides is 4. The molecule has 1 aromatic rings. The van der Waals surface area contributed by atoms with Gasteiger partial charge in [-0.2, -0.15) is 13.2 Å². The van der Waals surface area contributed by atoms with Crippen LogP contribution in [0.2, 0.25) is 0 Å². The van der Waals surface area contributed by atoms with Crippen LogP contribution < -0.4 is 0 Å². The molecule has 0 heterocycles. The van der Waals surface area contributed by atoms with Crippen molar-refractivity contribution in [3.8, 4) is 0 Å². The molecule has 17 heavy (non-hydrogen) atoms. The Morgan fingerprint density at radius 2 is 1.94 bits per heavy atom. The van der Waals surface area contributed by atoms with E-state index >= 15 is 0 Å². The average molecular weight is 269 g/mol. The van der Waals surface area contributed by atoms with Crippen LogP contribution in [0.1, 0.15) is 26.3 Å². The number of ketones is 1. The highest BCUT2D eigenvalue weighted by Gasteiger charge is 2.35. The SMILES string of the molecule is O=Cc1c(F)cc(C(=O)CCl)cc1C(F)(F)F. The molecule has 0 spiro atoms. The minimum absolute atomic E-state index is 0.243. The van der Waals surface area contributed by atoms with Crippen LogP contribution >= 0.6 is 11.6 Å². The topological polar surface area (TPSA) is 34.1 Å². The maximum Gasteiger partial charge on any atom is 0.417 e. The fourth-order valence-electron chi connectivity index (χ4n) is 1.21. The molecule has 0 saturated carbocycles. The molecule has 2 nitrogen and oxygen atoms in total. The number of carbonyl (C=O) groups is 2. The van der Waals surface area contributed by atoms with Gasteiger partial charge in [-0.3, -0.25) is 9.59 Å². The maximum absolute atomic E-state index is 13.2. The van der Waals surface area contributed by atoms with Gasteiger partial charge in [-0.15, -0.1) is 11.6 Å². The van der Waals surface area contributed by atoms with Gasteiger partial charge < -0.3 is 0 Å². The molecule has 7 heteroatoms. The van der Waals surface area contributed by atoms with Crippen LogP contribution in [0.3, 0.4) is 0 Å². The van der Waals surface area contributed by atoms with Gasteiger partial charge in [0.25, 0.3) is 0 Å². The molecule has 0 saturated heterocycles. The molecule has 0 fully saturated rings. The Balaban J connectivity index is 3.50. The highest BCUT2D eigenvalue weighted by Crippen LogP contribution is 2.33. The molecule has 92 valence electrons. The van der Waals surface area contributed by atoms with E-state index in [9.17, 15) is 27.2 Å². The van der Waals surface area contributed by atoms with E-state index in [1.165, 1.54) is 0 Å². The molecule has 0 bridgehead atoms. The molecule has 1 rings (SSSR count). The third-order valence-corrected chi connectivity index (χ3v) is 2.24. The van der Waals surface area contributed by atoms with Crippen LogP contribution in [-0.2, 0) is 6.18 Å². The number of halogens is 5. The first-order chi connectivity index (χ1) is 7.81. The van der Waals surface area contributed by atoms with Crippen molar-refractivity contribution in [3.05, 3.63) is 34.6 Å². The predicted octanol–water partition coefficient (Wildman–Crippen LogP) is 3.08. The van der Waals surface area contributed by atoms with Crippen LogP contribution in [0.4, 0.5) is 17.6 Å². The van der Waals surface area contributed by atoms with E-state index < -0.39 is 40.3 Å². The van der Waals surface area contributed by atoms with Crippen molar-refractivity contribution in [1.82, 2.24) is 0 Å². The maximum atomic E-state index is 13.2. The molecule has 0 aliphatic heterocycles. The number of hydrogen-bond donors (Lipinski definition) is 0. The standard InChI is InChI=1S/C10H5ClF4O2/c11-3-9(17)5-1-7(10(13,14)15)6(4-16)8(12)2-5/h1-2,4H,3H2. The molecule has 0 N–H and O–H groups in total. The Labute approximate surface area is 98.2 Å². The van der Waals surface area contributed by atoms with Gasteiger partial charge in [-0.25, -0.2) is 4.39 Å². The third kappa shape index (κ3) is 2.82. The summed E-state index contributed by atoms with van der Waals surface area (Å²) in [6, 6.07) is 0.973. The van der Waals surface area contributed by atoms with E-state index in [0.717, 1.165) is 0 Å². The van der Waals surface area contributed by atoms with Crippen molar-refractivity contribution in [1.29, 1.82) is 0 Å². The van der Waals surface area contributed by atoms with Crippen molar-refractivity contribution < 1.29 is 27.2 Å². The first kappa shape index (κ1) is 13.6. The fraction of sp³-hybridized carbons (Fsp3) is 0.200. The van der Waals surface area contributed by atoms with Crippen LogP contribution in [-0.4, -0.2) is 17.9 Å². The minimum atomic E-state index is -4.92. The lowest BCUT2D eigenvalue weighted by atomic mass is 10.0. The lowest BCUT2D eigenvalue weighted by Crippen LogP contribution is -2.13. The second kappa shape index (κ2) is 4.83. The summed E-state index contributed by atoms with van der Waals surface area (Å²) in [6.45, 7) is 0. The second-order valence-corrected chi connectivity index (χ2v) is 3.36. The highest BCUT2D eigenvalue weighted by atomic mass is 35.5. The molecular formula is C10H5ClF4O2. The van der Waals surface area contributed by atoms with E-state index in [-0.39, 0.29) is 6.29 Å². The highest BCUT2D eigenvalue weighted by molar-refractivity contribution is 6.30. The van der Waals surface area contributed by atoms with Crippen molar-refractivity contribution in [2.45, 2.75) is 6.18 Å². The van der Waals surface area contributed by atoms with Gasteiger partial charge in [0.05, 0.1) is 17.0 Å². The molecule has 0 aliphatic carbocycles. The van der Waals surface area contributed by atoms with Gasteiger partial charge in [0, 0.05) is 5.56 Å². The summed E-state index contributed by atoms with van der Waals surface area (Å²) >= 11 is 5.16. The minimum Gasteiger partial charge on any atom is -0.298 e. The Kier molecular flexibility index (Phi) is 3.87.